The van der Waals surface area contributed by atoms with Gasteiger partial charge in [-0.1, -0.05) is 13.8 Å². The summed E-state index contributed by atoms with van der Waals surface area (Å²) in [5.74, 6) is 0.654. The fourth-order valence-corrected chi connectivity index (χ4v) is 4.14. The Morgan fingerprint density at radius 1 is 1.16 bits per heavy atom. The van der Waals surface area contributed by atoms with Crippen LogP contribution in [-0.2, 0) is 9.59 Å². The number of benzene rings is 1. The summed E-state index contributed by atoms with van der Waals surface area (Å²) in [6.45, 7) is 5.91. The van der Waals surface area contributed by atoms with Crippen LogP contribution in [0, 0.1) is 0 Å². The minimum absolute atomic E-state index is 0.0393. The number of rotatable bonds is 6. The van der Waals surface area contributed by atoms with Gasteiger partial charge in [0.05, 0.1) is 31.3 Å². The molecule has 2 aliphatic heterocycles. The second-order valence-corrected chi connectivity index (χ2v) is 7.09. The van der Waals surface area contributed by atoms with Crippen molar-refractivity contribution < 1.29 is 19.2 Å². The van der Waals surface area contributed by atoms with Gasteiger partial charge in [-0.15, -0.1) is 0 Å². The maximum atomic E-state index is 13.0. The first-order chi connectivity index (χ1) is 12.2. The third kappa shape index (κ3) is 3.71. The first-order valence-corrected chi connectivity index (χ1v) is 9.61. The van der Waals surface area contributed by atoms with E-state index in [0.717, 1.165) is 38.0 Å². The molecule has 0 aliphatic carbocycles. The van der Waals surface area contributed by atoms with E-state index in [-0.39, 0.29) is 17.9 Å². The van der Waals surface area contributed by atoms with Crippen LogP contribution in [0.15, 0.2) is 24.3 Å². The summed E-state index contributed by atoms with van der Waals surface area (Å²) >= 11 is 0. The van der Waals surface area contributed by atoms with Gasteiger partial charge in [-0.3, -0.25) is 9.59 Å². The molecule has 3 atom stereocenters. The van der Waals surface area contributed by atoms with Crippen molar-refractivity contribution in [3.63, 3.8) is 0 Å². The van der Waals surface area contributed by atoms with Gasteiger partial charge in [-0.2, -0.15) is 0 Å². The standard InChI is InChI=1S/C20H28N2O3/c1-3-13-25-17-10-8-16(9-11-17)22-19(23)14-18(20(22)24)21-12-6-5-7-15(21)4-2/h8-11,15,18H,3-7,12-14H2,1-2H3/p+1/t15-,18-/m0/s1. The normalized spacial score (nSPS) is 27.0. The largest absolute Gasteiger partial charge is 0.494 e. The fourth-order valence-electron chi connectivity index (χ4n) is 4.14. The summed E-state index contributed by atoms with van der Waals surface area (Å²) in [7, 11) is 0. The van der Waals surface area contributed by atoms with Crippen molar-refractivity contribution in [3.05, 3.63) is 24.3 Å². The lowest BCUT2D eigenvalue weighted by atomic mass is 9.97. The van der Waals surface area contributed by atoms with Crippen LogP contribution in [0.1, 0.15) is 52.4 Å². The Hall–Kier alpha value is -1.88. The lowest BCUT2D eigenvalue weighted by Crippen LogP contribution is -3.20. The van der Waals surface area contributed by atoms with Crippen LogP contribution in [0.3, 0.4) is 0 Å². The monoisotopic (exact) mass is 345 g/mol. The first-order valence-electron chi connectivity index (χ1n) is 9.61. The maximum absolute atomic E-state index is 13.0. The Bertz CT molecular complexity index is 614. The molecule has 1 aromatic carbocycles. The van der Waals surface area contributed by atoms with Crippen molar-refractivity contribution in [1.29, 1.82) is 0 Å². The number of amides is 2. The van der Waals surface area contributed by atoms with Crippen LogP contribution in [0.25, 0.3) is 0 Å². The number of hydrogen-bond donors (Lipinski definition) is 1. The Morgan fingerprint density at radius 3 is 2.60 bits per heavy atom. The highest BCUT2D eigenvalue weighted by Gasteiger charge is 2.47. The first kappa shape index (κ1) is 17.9. The highest BCUT2D eigenvalue weighted by atomic mass is 16.5. The molecule has 136 valence electrons. The second-order valence-electron chi connectivity index (χ2n) is 7.09. The van der Waals surface area contributed by atoms with E-state index < -0.39 is 0 Å². The molecule has 2 amide bonds. The molecular formula is C20H29N2O3+. The number of nitrogens with one attached hydrogen (secondary N) is 1. The van der Waals surface area contributed by atoms with Crippen molar-refractivity contribution in [2.45, 2.75) is 64.5 Å². The van der Waals surface area contributed by atoms with Crippen LogP contribution >= 0.6 is 0 Å². The van der Waals surface area contributed by atoms with E-state index in [1.807, 2.05) is 24.3 Å². The SMILES string of the molecule is CCCOc1ccc(N2C(=O)C[C@H]([NH+]3CCCC[C@@H]3CC)C2=O)cc1. The van der Waals surface area contributed by atoms with Gasteiger partial charge in [0.15, 0.2) is 6.04 Å². The number of ether oxygens (including phenoxy) is 1. The van der Waals surface area contributed by atoms with Gasteiger partial charge in [-0.05, 0) is 56.4 Å². The van der Waals surface area contributed by atoms with Crippen molar-refractivity contribution in [2.75, 3.05) is 18.1 Å². The van der Waals surface area contributed by atoms with Gasteiger partial charge in [0.25, 0.3) is 5.91 Å². The minimum atomic E-state index is -0.214. The molecule has 0 aromatic heterocycles. The highest BCUT2D eigenvalue weighted by molar-refractivity contribution is 6.21. The number of carbonyl (C=O) groups is 2. The van der Waals surface area contributed by atoms with Crippen molar-refractivity contribution in [3.8, 4) is 5.75 Å². The molecule has 0 radical (unpaired) electrons. The predicted molar refractivity (Wildman–Crippen MR) is 96.9 cm³/mol. The van der Waals surface area contributed by atoms with E-state index in [9.17, 15) is 9.59 Å². The molecule has 0 spiro atoms. The number of piperidine rings is 1. The van der Waals surface area contributed by atoms with E-state index in [0.29, 0.717) is 24.8 Å². The zero-order valence-corrected chi connectivity index (χ0v) is 15.3. The topological polar surface area (TPSA) is 51.0 Å². The number of quaternary nitrogens is 1. The lowest BCUT2D eigenvalue weighted by molar-refractivity contribution is -0.944. The van der Waals surface area contributed by atoms with Crippen LogP contribution in [0.5, 0.6) is 5.75 Å². The second kappa shape index (κ2) is 8.00. The number of hydrogen-bond acceptors (Lipinski definition) is 3. The average molecular weight is 345 g/mol. The Kier molecular flexibility index (Phi) is 5.74. The molecule has 2 heterocycles. The summed E-state index contributed by atoms with van der Waals surface area (Å²) in [4.78, 5) is 28.2. The van der Waals surface area contributed by atoms with Gasteiger partial charge >= 0.3 is 0 Å². The summed E-state index contributed by atoms with van der Waals surface area (Å²) in [6, 6.07) is 7.58. The summed E-state index contributed by atoms with van der Waals surface area (Å²) in [5, 5.41) is 0. The number of imide groups is 1. The van der Waals surface area contributed by atoms with Crippen LogP contribution in [0.4, 0.5) is 5.69 Å². The zero-order chi connectivity index (χ0) is 17.8. The third-order valence-electron chi connectivity index (χ3n) is 5.45. The molecule has 1 unspecified atom stereocenters. The molecule has 3 rings (SSSR count). The van der Waals surface area contributed by atoms with E-state index in [4.69, 9.17) is 4.74 Å². The van der Waals surface area contributed by atoms with Gasteiger partial charge < -0.3 is 9.64 Å². The Labute approximate surface area is 149 Å². The number of anilines is 1. The maximum Gasteiger partial charge on any atom is 0.292 e. The molecule has 0 bridgehead atoms. The minimum Gasteiger partial charge on any atom is -0.494 e. The Morgan fingerprint density at radius 2 is 1.92 bits per heavy atom. The molecule has 2 fully saturated rings. The fraction of sp³-hybridized carbons (Fsp3) is 0.600. The van der Waals surface area contributed by atoms with Gasteiger partial charge in [0.2, 0.25) is 5.91 Å². The smallest absolute Gasteiger partial charge is 0.292 e. The molecule has 1 aromatic rings. The number of carbonyl (C=O) groups excluding carboxylic acids is 2. The molecule has 5 nitrogen and oxygen atoms in total. The lowest BCUT2D eigenvalue weighted by Gasteiger charge is -2.35. The summed E-state index contributed by atoms with van der Waals surface area (Å²) in [6.07, 6.45) is 5.89. The molecule has 0 saturated carbocycles. The molecule has 1 N–H and O–H groups in total. The quantitative estimate of drug-likeness (QED) is 0.802. The molecule has 2 saturated heterocycles. The van der Waals surface area contributed by atoms with Crippen molar-refractivity contribution in [2.24, 2.45) is 0 Å². The molecule has 2 aliphatic rings. The molecule has 5 heteroatoms. The summed E-state index contributed by atoms with van der Waals surface area (Å²) < 4.78 is 5.58. The van der Waals surface area contributed by atoms with E-state index >= 15 is 0 Å². The van der Waals surface area contributed by atoms with Crippen LogP contribution in [-0.4, -0.2) is 37.0 Å². The molecule has 25 heavy (non-hydrogen) atoms. The molecular weight excluding hydrogens is 316 g/mol. The third-order valence-corrected chi connectivity index (χ3v) is 5.45. The van der Waals surface area contributed by atoms with Crippen LogP contribution < -0.4 is 14.5 Å². The zero-order valence-electron chi connectivity index (χ0n) is 15.3. The Balaban J connectivity index is 1.74. The van der Waals surface area contributed by atoms with Gasteiger partial charge in [-0.25, -0.2) is 4.90 Å². The predicted octanol–water partition coefficient (Wildman–Crippen LogP) is 1.95. The highest BCUT2D eigenvalue weighted by Crippen LogP contribution is 2.25. The van der Waals surface area contributed by atoms with Gasteiger partial charge in [0, 0.05) is 0 Å². The van der Waals surface area contributed by atoms with E-state index in [2.05, 4.69) is 13.8 Å². The van der Waals surface area contributed by atoms with Crippen molar-refractivity contribution >= 4 is 17.5 Å². The number of nitrogens with zero attached hydrogens (tertiary/aromatic N) is 1. The summed E-state index contributed by atoms with van der Waals surface area (Å²) in [5.41, 5.74) is 0.658. The average Bonchev–Trinajstić information content (AvgIpc) is 2.94. The van der Waals surface area contributed by atoms with Crippen molar-refractivity contribution in [1.82, 2.24) is 0 Å². The van der Waals surface area contributed by atoms with E-state index in [1.165, 1.54) is 16.2 Å². The van der Waals surface area contributed by atoms with Gasteiger partial charge in [0.1, 0.15) is 5.75 Å². The van der Waals surface area contributed by atoms with E-state index in [1.54, 1.807) is 0 Å². The van der Waals surface area contributed by atoms with Crippen LogP contribution in [0.2, 0.25) is 0 Å². The number of likely N-dealkylation sites (tertiary alicyclic amines) is 1.